The summed E-state index contributed by atoms with van der Waals surface area (Å²) in [6.45, 7) is 6.06. The fraction of sp³-hybridized carbons (Fsp3) is 0.571. The normalized spacial score (nSPS) is 12.0. The van der Waals surface area contributed by atoms with Gasteiger partial charge in [0.15, 0.2) is 0 Å². The SMILES string of the molecule is C/C=C\C=N\NC(C)C. The third-order valence-electron chi connectivity index (χ3n) is 0.686. The average Bonchev–Trinajstić information content (AvgIpc) is 1.80. The summed E-state index contributed by atoms with van der Waals surface area (Å²) in [6, 6.07) is 0.423. The summed E-state index contributed by atoms with van der Waals surface area (Å²) in [7, 11) is 0. The first kappa shape index (κ1) is 8.21. The van der Waals surface area contributed by atoms with Gasteiger partial charge in [0.25, 0.3) is 0 Å². The fourth-order valence-corrected chi connectivity index (χ4v) is 0.321. The molecule has 0 aromatic rings. The van der Waals surface area contributed by atoms with E-state index >= 15 is 0 Å². The second kappa shape index (κ2) is 5.35. The summed E-state index contributed by atoms with van der Waals surface area (Å²) >= 11 is 0. The second-order valence-electron chi connectivity index (χ2n) is 2.09. The minimum atomic E-state index is 0.423. The number of nitrogens with one attached hydrogen (secondary N) is 1. The summed E-state index contributed by atoms with van der Waals surface area (Å²) < 4.78 is 0. The molecule has 0 fully saturated rings. The molecular formula is C7H14N2. The monoisotopic (exact) mass is 126 g/mol. The summed E-state index contributed by atoms with van der Waals surface area (Å²) in [4.78, 5) is 0. The molecule has 0 saturated heterocycles. The number of rotatable bonds is 3. The van der Waals surface area contributed by atoms with Gasteiger partial charge in [-0.25, -0.2) is 0 Å². The van der Waals surface area contributed by atoms with Gasteiger partial charge in [-0.2, -0.15) is 5.10 Å². The van der Waals surface area contributed by atoms with Crippen LogP contribution in [0.15, 0.2) is 17.3 Å². The maximum absolute atomic E-state index is 3.90. The van der Waals surface area contributed by atoms with Gasteiger partial charge in [0.2, 0.25) is 0 Å². The Morgan fingerprint density at radius 2 is 2.11 bits per heavy atom. The Hall–Kier alpha value is -0.790. The number of hydrazone groups is 1. The predicted molar refractivity (Wildman–Crippen MR) is 41.6 cm³/mol. The number of nitrogens with zero attached hydrogens (tertiary/aromatic N) is 1. The molecule has 9 heavy (non-hydrogen) atoms. The Balaban J connectivity index is 3.25. The van der Waals surface area contributed by atoms with Crippen molar-refractivity contribution in [3.05, 3.63) is 12.2 Å². The average molecular weight is 126 g/mol. The van der Waals surface area contributed by atoms with Gasteiger partial charge < -0.3 is 5.43 Å². The van der Waals surface area contributed by atoms with Crippen molar-refractivity contribution in [1.29, 1.82) is 0 Å². The maximum Gasteiger partial charge on any atom is 0.0464 e. The Morgan fingerprint density at radius 3 is 2.56 bits per heavy atom. The standard InChI is InChI=1S/C7H14N2/c1-4-5-6-8-9-7(2)3/h4-7,9H,1-3H3/b5-4-,8-6+. The van der Waals surface area contributed by atoms with Crippen molar-refractivity contribution < 1.29 is 0 Å². The van der Waals surface area contributed by atoms with Crippen LogP contribution < -0.4 is 5.43 Å². The fourth-order valence-electron chi connectivity index (χ4n) is 0.321. The Kier molecular flexibility index (Phi) is 4.88. The number of hydrogen-bond donors (Lipinski definition) is 1. The lowest BCUT2D eigenvalue weighted by molar-refractivity contribution is 0.623. The molecule has 0 aliphatic heterocycles. The zero-order valence-corrected chi connectivity index (χ0v) is 6.26. The molecule has 0 heterocycles. The minimum absolute atomic E-state index is 0.423. The molecule has 2 nitrogen and oxygen atoms in total. The molecule has 0 rings (SSSR count). The van der Waals surface area contributed by atoms with E-state index in [1.165, 1.54) is 0 Å². The van der Waals surface area contributed by atoms with E-state index in [1.807, 2.05) is 32.9 Å². The van der Waals surface area contributed by atoms with Crippen LogP contribution in [-0.2, 0) is 0 Å². The van der Waals surface area contributed by atoms with Crippen LogP contribution in [0, 0.1) is 0 Å². The van der Waals surface area contributed by atoms with Crippen molar-refractivity contribution >= 4 is 6.21 Å². The molecule has 2 heteroatoms. The molecule has 0 radical (unpaired) electrons. The highest BCUT2D eigenvalue weighted by atomic mass is 15.3. The molecular weight excluding hydrogens is 112 g/mol. The topological polar surface area (TPSA) is 24.4 Å². The molecule has 1 N–H and O–H groups in total. The third kappa shape index (κ3) is 7.21. The molecule has 52 valence electrons. The van der Waals surface area contributed by atoms with Crippen molar-refractivity contribution in [2.75, 3.05) is 0 Å². The largest absolute Gasteiger partial charge is 0.308 e. The first-order valence-electron chi connectivity index (χ1n) is 3.17. The lowest BCUT2D eigenvalue weighted by Gasteiger charge is -1.99. The van der Waals surface area contributed by atoms with E-state index in [0.717, 1.165) is 0 Å². The quantitative estimate of drug-likeness (QED) is 0.450. The van der Waals surface area contributed by atoms with Crippen LogP contribution in [0.2, 0.25) is 0 Å². The van der Waals surface area contributed by atoms with Crippen molar-refractivity contribution in [3.8, 4) is 0 Å². The van der Waals surface area contributed by atoms with Crippen molar-refractivity contribution in [3.63, 3.8) is 0 Å². The molecule has 0 aromatic carbocycles. The first-order valence-corrected chi connectivity index (χ1v) is 3.17. The van der Waals surface area contributed by atoms with Crippen LogP contribution in [0.5, 0.6) is 0 Å². The van der Waals surface area contributed by atoms with E-state index < -0.39 is 0 Å². The Bertz CT molecular complexity index is 103. The lowest BCUT2D eigenvalue weighted by atomic mass is 10.4. The molecule has 0 unspecified atom stereocenters. The van der Waals surface area contributed by atoms with Crippen LogP contribution in [0.3, 0.4) is 0 Å². The van der Waals surface area contributed by atoms with Gasteiger partial charge >= 0.3 is 0 Å². The van der Waals surface area contributed by atoms with Crippen LogP contribution in [0.25, 0.3) is 0 Å². The van der Waals surface area contributed by atoms with Gasteiger partial charge in [-0.1, -0.05) is 6.08 Å². The molecule has 0 aromatic heterocycles. The number of hydrogen-bond acceptors (Lipinski definition) is 2. The van der Waals surface area contributed by atoms with Crippen molar-refractivity contribution in [2.45, 2.75) is 26.8 Å². The Morgan fingerprint density at radius 1 is 1.44 bits per heavy atom. The van der Waals surface area contributed by atoms with Gasteiger partial charge in [-0.05, 0) is 26.8 Å². The lowest BCUT2D eigenvalue weighted by Crippen LogP contribution is -2.15. The molecule has 0 bridgehead atoms. The van der Waals surface area contributed by atoms with Crippen molar-refractivity contribution in [2.24, 2.45) is 5.10 Å². The van der Waals surface area contributed by atoms with E-state index in [1.54, 1.807) is 6.21 Å². The highest BCUT2D eigenvalue weighted by molar-refractivity contribution is 5.70. The van der Waals surface area contributed by atoms with Crippen LogP contribution in [0.4, 0.5) is 0 Å². The van der Waals surface area contributed by atoms with E-state index in [-0.39, 0.29) is 0 Å². The van der Waals surface area contributed by atoms with E-state index in [2.05, 4.69) is 10.5 Å². The second-order valence-corrected chi connectivity index (χ2v) is 2.09. The molecule has 0 spiro atoms. The molecule has 0 aliphatic carbocycles. The molecule has 0 saturated carbocycles. The minimum Gasteiger partial charge on any atom is -0.308 e. The molecule has 0 aliphatic rings. The number of allylic oxidation sites excluding steroid dienone is 2. The van der Waals surface area contributed by atoms with Gasteiger partial charge in [0, 0.05) is 12.3 Å². The van der Waals surface area contributed by atoms with Gasteiger partial charge in [0.1, 0.15) is 0 Å². The van der Waals surface area contributed by atoms with Gasteiger partial charge in [0.05, 0.1) is 0 Å². The van der Waals surface area contributed by atoms with E-state index in [9.17, 15) is 0 Å². The third-order valence-corrected chi connectivity index (χ3v) is 0.686. The zero-order chi connectivity index (χ0) is 7.11. The van der Waals surface area contributed by atoms with E-state index in [0.29, 0.717) is 6.04 Å². The predicted octanol–water partition coefficient (Wildman–Crippen LogP) is 1.55. The summed E-state index contributed by atoms with van der Waals surface area (Å²) in [5, 5.41) is 3.90. The van der Waals surface area contributed by atoms with Crippen LogP contribution >= 0.6 is 0 Å². The smallest absolute Gasteiger partial charge is 0.0464 e. The summed E-state index contributed by atoms with van der Waals surface area (Å²) in [5.74, 6) is 0. The van der Waals surface area contributed by atoms with Gasteiger partial charge in [-0.3, -0.25) is 0 Å². The van der Waals surface area contributed by atoms with Crippen molar-refractivity contribution in [1.82, 2.24) is 5.43 Å². The highest BCUT2D eigenvalue weighted by Gasteiger charge is 1.81. The first-order chi connectivity index (χ1) is 4.27. The van der Waals surface area contributed by atoms with Crippen LogP contribution in [0.1, 0.15) is 20.8 Å². The Labute approximate surface area is 56.7 Å². The van der Waals surface area contributed by atoms with E-state index in [4.69, 9.17) is 0 Å². The summed E-state index contributed by atoms with van der Waals surface area (Å²) in [5.41, 5.74) is 2.90. The zero-order valence-electron chi connectivity index (χ0n) is 6.26. The molecule has 0 atom stereocenters. The summed E-state index contributed by atoms with van der Waals surface area (Å²) in [6.07, 6.45) is 5.56. The highest BCUT2D eigenvalue weighted by Crippen LogP contribution is 1.73. The molecule has 0 amide bonds. The van der Waals surface area contributed by atoms with Gasteiger partial charge in [-0.15, -0.1) is 0 Å². The van der Waals surface area contributed by atoms with Crippen LogP contribution in [-0.4, -0.2) is 12.3 Å². The maximum atomic E-state index is 3.90.